The van der Waals surface area contributed by atoms with Crippen LogP contribution in [0.1, 0.15) is 20.8 Å². The van der Waals surface area contributed by atoms with Gasteiger partial charge in [-0.25, -0.2) is 5.10 Å². The summed E-state index contributed by atoms with van der Waals surface area (Å²) in [7, 11) is 0. The highest BCUT2D eigenvalue weighted by Gasteiger charge is 2.25. The van der Waals surface area contributed by atoms with Gasteiger partial charge in [-0.1, -0.05) is 0 Å². The van der Waals surface area contributed by atoms with Crippen LogP contribution in [0.3, 0.4) is 0 Å². The molecule has 0 radical (unpaired) electrons. The second-order valence-corrected chi connectivity index (χ2v) is 5.45. The highest BCUT2D eigenvalue weighted by molar-refractivity contribution is 5.43. The van der Waals surface area contributed by atoms with Crippen molar-refractivity contribution in [3.8, 4) is 0 Å². The summed E-state index contributed by atoms with van der Waals surface area (Å²) in [5.41, 5.74) is 1.00. The molecule has 1 saturated heterocycles. The van der Waals surface area contributed by atoms with E-state index in [0.717, 1.165) is 31.9 Å². The number of piperazine rings is 1. The van der Waals surface area contributed by atoms with Crippen molar-refractivity contribution in [2.45, 2.75) is 26.3 Å². The van der Waals surface area contributed by atoms with E-state index in [1.54, 1.807) is 12.3 Å². The number of anilines is 1. The zero-order valence-corrected chi connectivity index (χ0v) is 10.7. The lowest BCUT2D eigenvalue weighted by atomic mass is 10.0. The van der Waals surface area contributed by atoms with Gasteiger partial charge in [0, 0.05) is 37.8 Å². The molecule has 1 aromatic rings. The fourth-order valence-corrected chi connectivity index (χ4v) is 2.17. The highest BCUT2D eigenvalue weighted by atomic mass is 16.1. The molecule has 5 nitrogen and oxygen atoms in total. The van der Waals surface area contributed by atoms with Gasteiger partial charge in [-0.05, 0) is 20.8 Å². The molecule has 5 heteroatoms. The molecule has 0 saturated carbocycles. The summed E-state index contributed by atoms with van der Waals surface area (Å²) in [5.74, 6) is 0. The number of rotatable bonds is 1. The Labute approximate surface area is 101 Å². The summed E-state index contributed by atoms with van der Waals surface area (Å²) >= 11 is 0. The Bertz CT molecular complexity index is 427. The lowest BCUT2D eigenvalue weighted by molar-refractivity contribution is 0.128. The predicted octanol–water partition coefficient (Wildman–Crippen LogP) is 0.690. The monoisotopic (exact) mass is 236 g/mol. The number of hydrogen-bond donors (Lipinski definition) is 1. The summed E-state index contributed by atoms with van der Waals surface area (Å²) in [6, 6.07) is 1.61. The smallest absolute Gasteiger partial charge is 0.266 e. The van der Waals surface area contributed by atoms with Crippen molar-refractivity contribution in [2.75, 3.05) is 31.1 Å². The maximum Gasteiger partial charge on any atom is 0.266 e. The molecule has 0 atom stereocenters. The van der Waals surface area contributed by atoms with Gasteiger partial charge in [-0.2, -0.15) is 5.10 Å². The molecule has 1 aromatic heterocycles. The average molecular weight is 236 g/mol. The number of aromatic amines is 1. The van der Waals surface area contributed by atoms with E-state index in [9.17, 15) is 4.79 Å². The molecular weight excluding hydrogens is 216 g/mol. The third kappa shape index (κ3) is 2.85. The van der Waals surface area contributed by atoms with Crippen molar-refractivity contribution >= 4 is 5.69 Å². The van der Waals surface area contributed by atoms with Crippen molar-refractivity contribution in [3.05, 3.63) is 22.6 Å². The van der Waals surface area contributed by atoms with Gasteiger partial charge in [0.15, 0.2) is 0 Å². The van der Waals surface area contributed by atoms with Crippen LogP contribution in [0.4, 0.5) is 5.69 Å². The third-order valence-corrected chi connectivity index (χ3v) is 3.24. The van der Waals surface area contributed by atoms with Gasteiger partial charge in [0.25, 0.3) is 5.56 Å². The van der Waals surface area contributed by atoms with Crippen LogP contribution in [0.2, 0.25) is 0 Å². The highest BCUT2D eigenvalue weighted by Crippen LogP contribution is 2.18. The van der Waals surface area contributed by atoms with Crippen LogP contribution in [0.5, 0.6) is 0 Å². The standard InChI is InChI=1S/C12H20N4O/c1-12(2,3)16-6-4-15(5-7-16)10-8-11(17)14-13-9-10/h8-9H,4-7H2,1-3H3,(H,14,17). The second kappa shape index (κ2) is 4.49. The molecule has 0 unspecified atom stereocenters. The van der Waals surface area contributed by atoms with Crippen molar-refractivity contribution in [2.24, 2.45) is 0 Å². The topological polar surface area (TPSA) is 52.2 Å². The molecule has 1 fully saturated rings. The number of hydrogen-bond acceptors (Lipinski definition) is 4. The van der Waals surface area contributed by atoms with E-state index in [2.05, 4.69) is 40.8 Å². The summed E-state index contributed by atoms with van der Waals surface area (Å²) in [6.45, 7) is 10.6. The van der Waals surface area contributed by atoms with Gasteiger partial charge in [-0.3, -0.25) is 9.69 Å². The van der Waals surface area contributed by atoms with Crippen LogP contribution >= 0.6 is 0 Å². The normalized spacial score (nSPS) is 18.4. The molecule has 0 amide bonds. The molecule has 1 aliphatic heterocycles. The number of H-pyrrole nitrogens is 1. The summed E-state index contributed by atoms with van der Waals surface area (Å²) in [4.78, 5) is 15.9. The van der Waals surface area contributed by atoms with Gasteiger partial charge in [-0.15, -0.1) is 0 Å². The maximum atomic E-state index is 11.2. The molecule has 0 spiro atoms. The SMILES string of the molecule is CC(C)(C)N1CCN(c2cn[nH]c(=O)c2)CC1. The molecule has 1 aliphatic rings. The lowest BCUT2D eigenvalue weighted by Crippen LogP contribution is -2.53. The quantitative estimate of drug-likeness (QED) is 0.779. The summed E-state index contributed by atoms with van der Waals surface area (Å²) < 4.78 is 0. The first-order valence-corrected chi connectivity index (χ1v) is 6.01. The van der Waals surface area contributed by atoms with Crippen molar-refractivity contribution in [1.29, 1.82) is 0 Å². The summed E-state index contributed by atoms with van der Waals surface area (Å²) in [6.07, 6.45) is 1.72. The summed E-state index contributed by atoms with van der Waals surface area (Å²) in [5, 5.41) is 6.24. The molecule has 0 aliphatic carbocycles. The number of nitrogens with zero attached hydrogens (tertiary/aromatic N) is 3. The van der Waals surface area contributed by atoms with Crippen molar-refractivity contribution < 1.29 is 0 Å². The Kier molecular flexibility index (Phi) is 3.19. The van der Waals surface area contributed by atoms with E-state index in [4.69, 9.17) is 0 Å². The van der Waals surface area contributed by atoms with E-state index >= 15 is 0 Å². The van der Waals surface area contributed by atoms with Crippen LogP contribution in [-0.4, -0.2) is 46.8 Å². The maximum absolute atomic E-state index is 11.2. The van der Waals surface area contributed by atoms with Crippen LogP contribution in [0.25, 0.3) is 0 Å². The molecule has 17 heavy (non-hydrogen) atoms. The zero-order chi connectivity index (χ0) is 12.5. The van der Waals surface area contributed by atoms with E-state index in [1.807, 2.05) is 0 Å². The number of aromatic nitrogens is 2. The molecule has 94 valence electrons. The molecule has 0 bridgehead atoms. The van der Waals surface area contributed by atoms with Gasteiger partial charge >= 0.3 is 0 Å². The minimum atomic E-state index is -0.138. The Morgan fingerprint density at radius 2 is 1.88 bits per heavy atom. The molecule has 2 rings (SSSR count). The number of nitrogens with one attached hydrogen (secondary N) is 1. The van der Waals surface area contributed by atoms with E-state index in [-0.39, 0.29) is 11.1 Å². The first kappa shape index (κ1) is 12.1. The van der Waals surface area contributed by atoms with E-state index in [1.165, 1.54) is 0 Å². The first-order chi connectivity index (χ1) is 7.97. The van der Waals surface area contributed by atoms with Crippen LogP contribution in [0.15, 0.2) is 17.1 Å². The van der Waals surface area contributed by atoms with Gasteiger partial charge in [0.1, 0.15) is 0 Å². The molecule has 0 aromatic carbocycles. The van der Waals surface area contributed by atoms with Crippen molar-refractivity contribution in [3.63, 3.8) is 0 Å². The Morgan fingerprint density at radius 1 is 1.24 bits per heavy atom. The van der Waals surface area contributed by atoms with Gasteiger partial charge < -0.3 is 4.90 Å². The molecular formula is C12H20N4O. The fourth-order valence-electron chi connectivity index (χ4n) is 2.17. The Balaban J connectivity index is 2.02. The fraction of sp³-hybridized carbons (Fsp3) is 0.667. The Morgan fingerprint density at radius 3 is 2.41 bits per heavy atom. The Hall–Kier alpha value is -1.36. The minimum Gasteiger partial charge on any atom is -0.368 e. The average Bonchev–Trinajstić information content (AvgIpc) is 2.28. The molecule has 2 heterocycles. The van der Waals surface area contributed by atoms with Gasteiger partial charge in [0.05, 0.1) is 11.9 Å². The third-order valence-electron chi connectivity index (χ3n) is 3.24. The van der Waals surface area contributed by atoms with Gasteiger partial charge in [0.2, 0.25) is 0 Å². The predicted molar refractivity (Wildman–Crippen MR) is 68.4 cm³/mol. The lowest BCUT2D eigenvalue weighted by Gasteiger charge is -2.42. The van der Waals surface area contributed by atoms with Crippen LogP contribution in [-0.2, 0) is 0 Å². The van der Waals surface area contributed by atoms with Crippen molar-refractivity contribution in [1.82, 2.24) is 15.1 Å². The minimum absolute atomic E-state index is 0.138. The van der Waals surface area contributed by atoms with E-state index < -0.39 is 0 Å². The van der Waals surface area contributed by atoms with Crippen LogP contribution in [0, 0.1) is 0 Å². The molecule has 1 N–H and O–H groups in total. The first-order valence-electron chi connectivity index (χ1n) is 6.01. The van der Waals surface area contributed by atoms with E-state index in [0.29, 0.717) is 0 Å². The zero-order valence-electron chi connectivity index (χ0n) is 10.7. The second-order valence-electron chi connectivity index (χ2n) is 5.45. The van der Waals surface area contributed by atoms with Crippen LogP contribution < -0.4 is 10.5 Å². The largest absolute Gasteiger partial charge is 0.368 e.